The number of hydrogen-bond acceptors (Lipinski definition) is 8. The van der Waals surface area contributed by atoms with E-state index < -0.39 is 29.2 Å². The summed E-state index contributed by atoms with van der Waals surface area (Å²) in [5.74, 6) is -2.13. The van der Waals surface area contributed by atoms with Gasteiger partial charge in [-0.05, 0) is 79.9 Å². The molecule has 2 amide bonds. The molecule has 59 heavy (non-hydrogen) atoms. The highest BCUT2D eigenvalue weighted by molar-refractivity contribution is 6.02. The molecular formula is C49H40N2O8. The van der Waals surface area contributed by atoms with Gasteiger partial charge in [0.25, 0.3) is 11.8 Å². The molecule has 0 aromatic heterocycles. The summed E-state index contributed by atoms with van der Waals surface area (Å²) >= 11 is 0. The molecule has 0 heterocycles. The van der Waals surface area contributed by atoms with Gasteiger partial charge in [-0.15, -0.1) is 0 Å². The quantitative estimate of drug-likeness (QED) is 0.0435. The molecule has 7 rings (SSSR count). The van der Waals surface area contributed by atoms with Crippen molar-refractivity contribution < 1.29 is 38.3 Å². The minimum atomic E-state index is -0.915. The highest BCUT2D eigenvalue weighted by Crippen LogP contribution is 2.57. The number of carbonyl (C=O) groups excluding carboxylic acids is 4. The van der Waals surface area contributed by atoms with Gasteiger partial charge in [0.2, 0.25) is 0 Å². The molecule has 2 N–H and O–H groups in total. The van der Waals surface area contributed by atoms with Gasteiger partial charge >= 0.3 is 11.9 Å². The van der Waals surface area contributed by atoms with Gasteiger partial charge < -0.3 is 9.47 Å². The van der Waals surface area contributed by atoms with Crippen LogP contribution in [0.4, 0.5) is 0 Å². The predicted molar refractivity (Wildman–Crippen MR) is 224 cm³/mol. The molecule has 0 atom stereocenters. The molecule has 0 aliphatic heterocycles. The molecule has 10 nitrogen and oxygen atoms in total. The first-order valence-corrected chi connectivity index (χ1v) is 18.9. The van der Waals surface area contributed by atoms with Gasteiger partial charge in [0.15, 0.2) is 0 Å². The lowest BCUT2D eigenvalue weighted by atomic mass is 9.66. The van der Waals surface area contributed by atoms with E-state index in [-0.39, 0.29) is 26.4 Å². The van der Waals surface area contributed by atoms with E-state index in [4.69, 9.17) is 19.1 Å². The number of amides is 2. The summed E-state index contributed by atoms with van der Waals surface area (Å²) in [7, 11) is 0. The second kappa shape index (κ2) is 18.2. The molecular weight excluding hydrogens is 745 g/mol. The van der Waals surface area contributed by atoms with Crippen molar-refractivity contribution in [1.82, 2.24) is 11.0 Å². The molecule has 0 fully saturated rings. The number of carbonyl (C=O) groups is 4. The Labute approximate surface area is 341 Å². The van der Waals surface area contributed by atoms with Gasteiger partial charge in [0, 0.05) is 23.3 Å². The summed E-state index contributed by atoms with van der Waals surface area (Å²) in [6.07, 6.45) is 2.11. The van der Waals surface area contributed by atoms with E-state index in [9.17, 15) is 19.2 Å². The predicted octanol–water partition coefficient (Wildman–Crippen LogP) is 8.16. The standard InChI is InChI=1S/C49H40N2O8/c1-3-45(52)56-27-29-58-50-47(54)39-25-23-35(31-41(39)33-15-7-5-8-16-33)49(43-21-13-11-19-37(43)38-20-12-14-22-44(38)49)36-24-26-40(42(32-36)34-17-9-6-10-18-34)48(55)51-59-30-28-57-46(53)4-2/h3-26,31-32H,1-2,27-30H2,(H,50,54)(H,51,55). The number of fused-ring (bicyclic) bond motifs is 3. The van der Waals surface area contributed by atoms with Crippen molar-refractivity contribution in [2.75, 3.05) is 26.4 Å². The average Bonchev–Trinajstić information content (AvgIpc) is 3.59. The van der Waals surface area contributed by atoms with E-state index in [1.54, 1.807) is 12.1 Å². The van der Waals surface area contributed by atoms with Crippen LogP contribution in [0.2, 0.25) is 0 Å². The fourth-order valence-electron chi connectivity index (χ4n) is 7.52. The van der Waals surface area contributed by atoms with Crippen molar-refractivity contribution in [2.45, 2.75) is 5.41 Å². The van der Waals surface area contributed by atoms with Crippen LogP contribution in [0.3, 0.4) is 0 Å². The Morgan fingerprint density at radius 3 is 1.27 bits per heavy atom. The molecule has 0 saturated heterocycles. The van der Waals surface area contributed by atoms with Gasteiger partial charge in [-0.25, -0.2) is 20.5 Å². The summed E-state index contributed by atoms with van der Waals surface area (Å²) in [6.45, 7) is 6.51. The number of esters is 2. The van der Waals surface area contributed by atoms with Crippen LogP contribution in [0, 0.1) is 0 Å². The van der Waals surface area contributed by atoms with Crippen molar-refractivity contribution in [1.29, 1.82) is 0 Å². The highest BCUT2D eigenvalue weighted by Gasteiger charge is 2.46. The zero-order valence-corrected chi connectivity index (χ0v) is 32.0. The summed E-state index contributed by atoms with van der Waals surface area (Å²) < 4.78 is 9.94. The van der Waals surface area contributed by atoms with Crippen molar-refractivity contribution in [3.8, 4) is 33.4 Å². The molecule has 0 saturated carbocycles. The smallest absolute Gasteiger partial charge is 0.330 e. The SMILES string of the molecule is C=CC(=O)OCCONC(=O)c1ccc(C2(c3ccc(C(=O)NOCCOC(=O)C=C)c(-c4ccccc4)c3)c3ccccc3-c3ccccc32)cc1-c1ccccc1. The number of hydrogen-bond donors (Lipinski definition) is 2. The zero-order chi connectivity index (χ0) is 41.2. The molecule has 0 spiro atoms. The molecule has 10 heteroatoms. The van der Waals surface area contributed by atoms with Crippen LogP contribution in [-0.4, -0.2) is 50.2 Å². The van der Waals surface area contributed by atoms with Crippen molar-refractivity contribution >= 4 is 23.8 Å². The lowest BCUT2D eigenvalue weighted by Crippen LogP contribution is -2.30. The van der Waals surface area contributed by atoms with Crippen molar-refractivity contribution in [3.63, 3.8) is 0 Å². The number of ether oxygens (including phenoxy) is 2. The van der Waals surface area contributed by atoms with Gasteiger partial charge in [-0.1, -0.05) is 134 Å². The van der Waals surface area contributed by atoms with Crippen LogP contribution >= 0.6 is 0 Å². The van der Waals surface area contributed by atoms with Gasteiger partial charge in [0.05, 0.1) is 5.41 Å². The molecule has 6 aromatic carbocycles. The van der Waals surface area contributed by atoms with E-state index in [0.29, 0.717) is 22.3 Å². The number of rotatable bonds is 16. The Bertz CT molecular complexity index is 2360. The molecule has 0 unspecified atom stereocenters. The second-order valence-corrected chi connectivity index (χ2v) is 13.4. The third-order valence-corrected chi connectivity index (χ3v) is 10.0. The Balaban J connectivity index is 1.37. The highest BCUT2D eigenvalue weighted by atomic mass is 16.7. The maximum atomic E-state index is 13.8. The van der Waals surface area contributed by atoms with Crippen LogP contribution in [0.15, 0.2) is 171 Å². The summed E-state index contributed by atoms with van der Waals surface area (Å²) in [4.78, 5) is 61.3. The van der Waals surface area contributed by atoms with Crippen molar-refractivity contribution in [2.24, 2.45) is 0 Å². The normalized spacial score (nSPS) is 12.0. The minimum Gasteiger partial charge on any atom is -0.460 e. The summed E-state index contributed by atoms with van der Waals surface area (Å²) in [5, 5.41) is 0. The maximum Gasteiger partial charge on any atom is 0.330 e. The van der Waals surface area contributed by atoms with E-state index in [2.05, 4.69) is 48.4 Å². The number of hydroxylamine groups is 2. The molecule has 6 aromatic rings. The van der Waals surface area contributed by atoms with Crippen LogP contribution in [0.1, 0.15) is 43.0 Å². The fraction of sp³-hybridized carbons (Fsp3) is 0.102. The molecule has 0 radical (unpaired) electrons. The lowest BCUT2D eigenvalue weighted by molar-refractivity contribution is -0.140. The van der Waals surface area contributed by atoms with Crippen LogP contribution < -0.4 is 11.0 Å². The lowest BCUT2D eigenvalue weighted by Gasteiger charge is -2.35. The van der Waals surface area contributed by atoms with Crippen LogP contribution in [-0.2, 0) is 34.2 Å². The summed E-state index contributed by atoms with van der Waals surface area (Å²) in [5.41, 5.74) is 13.7. The molecule has 0 bridgehead atoms. The Hall–Kier alpha value is -7.40. The van der Waals surface area contributed by atoms with Crippen molar-refractivity contribution in [3.05, 3.63) is 204 Å². The maximum absolute atomic E-state index is 13.8. The van der Waals surface area contributed by atoms with Gasteiger partial charge in [0.1, 0.15) is 26.4 Å². The Morgan fingerprint density at radius 2 is 0.864 bits per heavy atom. The first-order chi connectivity index (χ1) is 28.9. The van der Waals surface area contributed by atoms with Gasteiger partial charge in [-0.3, -0.25) is 19.3 Å². The minimum absolute atomic E-state index is 0.0597. The van der Waals surface area contributed by atoms with E-state index >= 15 is 0 Å². The van der Waals surface area contributed by atoms with E-state index in [0.717, 1.165) is 56.7 Å². The number of benzene rings is 6. The topological polar surface area (TPSA) is 129 Å². The number of nitrogens with one attached hydrogen (secondary N) is 2. The van der Waals surface area contributed by atoms with E-state index in [1.165, 1.54) is 0 Å². The first-order valence-electron chi connectivity index (χ1n) is 18.9. The monoisotopic (exact) mass is 784 g/mol. The third kappa shape index (κ3) is 8.22. The molecule has 294 valence electrons. The average molecular weight is 785 g/mol. The van der Waals surface area contributed by atoms with Crippen LogP contribution in [0.5, 0.6) is 0 Å². The molecule has 1 aliphatic rings. The fourth-order valence-corrected chi connectivity index (χ4v) is 7.52. The summed E-state index contributed by atoms with van der Waals surface area (Å²) in [6, 6.07) is 47.4. The second-order valence-electron chi connectivity index (χ2n) is 13.4. The van der Waals surface area contributed by atoms with E-state index in [1.807, 2.05) is 109 Å². The largest absolute Gasteiger partial charge is 0.460 e. The first kappa shape index (κ1) is 39.8. The zero-order valence-electron chi connectivity index (χ0n) is 32.0. The van der Waals surface area contributed by atoms with Gasteiger partial charge in [-0.2, -0.15) is 0 Å². The Morgan fingerprint density at radius 1 is 0.475 bits per heavy atom. The third-order valence-electron chi connectivity index (χ3n) is 10.0. The molecule has 1 aliphatic carbocycles. The van der Waals surface area contributed by atoms with Crippen LogP contribution in [0.25, 0.3) is 33.4 Å². The Kier molecular flexibility index (Phi) is 12.3.